The molecule has 0 fully saturated rings. The van der Waals surface area contributed by atoms with Crippen molar-refractivity contribution in [3.8, 4) is 0 Å². The van der Waals surface area contributed by atoms with Gasteiger partial charge in [0.1, 0.15) is 0 Å². The van der Waals surface area contributed by atoms with Crippen LogP contribution in [0.4, 0.5) is 14.5 Å². The Morgan fingerprint density at radius 3 is 2.72 bits per heavy atom. The van der Waals surface area contributed by atoms with Crippen LogP contribution in [-0.4, -0.2) is 24.6 Å². The Morgan fingerprint density at radius 1 is 1.44 bits per heavy atom. The Bertz CT molecular complexity index is 489. The van der Waals surface area contributed by atoms with Gasteiger partial charge in [-0.1, -0.05) is 0 Å². The van der Waals surface area contributed by atoms with Crippen LogP contribution in [-0.2, 0) is 14.3 Å². The fourth-order valence-corrected chi connectivity index (χ4v) is 1.02. The number of halogens is 2. The zero-order valence-corrected chi connectivity index (χ0v) is 9.44. The van der Waals surface area contributed by atoms with Crippen molar-refractivity contribution in [3.63, 3.8) is 0 Å². The van der Waals surface area contributed by atoms with Gasteiger partial charge in [0, 0.05) is 6.07 Å². The Labute approximate surface area is 101 Å². The summed E-state index contributed by atoms with van der Waals surface area (Å²) in [6, 6.07) is 2.93. The molecule has 0 unspecified atom stereocenters. The first-order chi connectivity index (χ1) is 8.58. The van der Waals surface area contributed by atoms with Gasteiger partial charge in [0.05, 0.1) is 12.3 Å². The van der Waals surface area contributed by atoms with E-state index in [-0.39, 0.29) is 18.6 Å². The molecule has 1 aromatic rings. The lowest BCUT2D eigenvalue weighted by molar-refractivity contribution is -0.135. The molecule has 1 rings (SSSR count). The van der Waals surface area contributed by atoms with E-state index in [1.165, 1.54) is 6.07 Å². The molecule has 7 heteroatoms. The summed E-state index contributed by atoms with van der Waals surface area (Å²) in [5, 5.41) is 3.44. The molecule has 0 atom stereocenters. The van der Waals surface area contributed by atoms with Crippen LogP contribution < -0.4 is 5.43 Å². The lowest BCUT2D eigenvalue weighted by Gasteiger charge is -2.03. The van der Waals surface area contributed by atoms with Crippen molar-refractivity contribution in [2.45, 2.75) is 6.92 Å². The summed E-state index contributed by atoms with van der Waals surface area (Å²) in [5.41, 5.74) is 1.85. The first-order valence-electron chi connectivity index (χ1n) is 4.99. The molecule has 0 aliphatic heterocycles. The fraction of sp³-hybridized carbons (Fsp3) is 0.182. The Morgan fingerprint density at radius 2 is 2.17 bits per heavy atom. The van der Waals surface area contributed by atoms with Crippen molar-refractivity contribution in [2.75, 3.05) is 12.0 Å². The van der Waals surface area contributed by atoms with Gasteiger partial charge in [0.2, 0.25) is 5.71 Å². The largest absolute Gasteiger partial charge is 0.461 e. The minimum absolute atomic E-state index is 0.0941. The van der Waals surface area contributed by atoms with E-state index in [1.54, 1.807) is 6.92 Å². The quantitative estimate of drug-likeness (QED) is 0.285. The molecule has 0 amide bonds. The topological polar surface area (TPSA) is 67.8 Å². The van der Waals surface area contributed by atoms with Gasteiger partial charge in [-0.3, -0.25) is 10.2 Å². The van der Waals surface area contributed by atoms with Gasteiger partial charge in [-0.2, -0.15) is 5.10 Å². The molecule has 0 aliphatic rings. The predicted octanol–water partition coefficient (Wildman–Crippen LogP) is 1.49. The summed E-state index contributed by atoms with van der Waals surface area (Å²) in [5.74, 6) is -2.98. The van der Waals surface area contributed by atoms with Gasteiger partial charge in [0.15, 0.2) is 17.9 Å². The third-order valence-corrected chi connectivity index (χ3v) is 1.82. The number of rotatable bonds is 5. The van der Waals surface area contributed by atoms with Crippen LogP contribution in [0, 0.1) is 11.6 Å². The maximum Gasteiger partial charge on any atom is 0.362 e. The van der Waals surface area contributed by atoms with Crippen LogP contribution >= 0.6 is 0 Å². The number of aldehydes is 1. The summed E-state index contributed by atoms with van der Waals surface area (Å²) in [6.07, 6.45) is 0.199. The van der Waals surface area contributed by atoms with E-state index >= 15 is 0 Å². The van der Waals surface area contributed by atoms with E-state index in [9.17, 15) is 18.4 Å². The number of hydrogen-bond acceptors (Lipinski definition) is 5. The highest BCUT2D eigenvalue weighted by Crippen LogP contribution is 2.12. The third kappa shape index (κ3) is 3.62. The minimum atomic E-state index is -1.07. The average Bonchev–Trinajstić information content (AvgIpc) is 2.34. The number of hydrogen-bond donors (Lipinski definition) is 1. The summed E-state index contributed by atoms with van der Waals surface area (Å²) in [7, 11) is 0. The van der Waals surface area contributed by atoms with Gasteiger partial charge in [-0.15, -0.1) is 0 Å². The number of carbonyl (C=O) groups excluding carboxylic acids is 2. The van der Waals surface area contributed by atoms with Gasteiger partial charge in [0.25, 0.3) is 0 Å². The molecule has 0 aliphatic carbocycles. The molecule has 0 aromatic heterocycles. The molecule has 1 aromatic carbocycles. The zero-order chi connectivity index (χ0) is 13.5. The van der Waals surface area contributed by atoms with E-state index < -0.39 is 23.3 Å². The Balaban J connectivity index is 2.79. The maximum absolute atomic E-state index is 12.8. The van der Waals surface area contributed by atoms with Gasteiger partial charge < -0.3 is 4.74 Å². The lowest BCUT2D eigenvalue weighted by atomic mass is 10.3. The van der Waals surface area contributed by atoms with Crippen molar-refractivity contribution in [1.82, 2.24) is 0 Å². The minimum Gasteiger partial charge on any atom is -0.461 e. The van der Waals surface area contributed by atoms with Crippen molar-refractivity contribution in [3.05, 3.63) is 29.8 Å². The number of carbonyl (C=O) groups is 2. The molecule has 96 valence electrons. The first kappa shape index (κ1) is 13.8. The highest BCUT2D eigenvalue weighted by molar-refractivity contribution is 6.58. The van der Waals surface area contributed by atoms with E-state index in [1.807, 2.05) is 0 Å². The number of nitrogens with zero attached hydrogens (tertiary/aromatic N) is 1. The van der Waals surface area contributed by atoms with Crippen LogP contribution in [0.3, 0.4) is 0 Å². The normalized spacial score (nSPS) is 10.9. The fourth-order valence-electron chi connectivity index (χ4n) is 1.02. The second-order valence-corrected chi connectivity index (χ2v) is 3.08. The smallest absolute Gasteiger partial charge is 0.362 e. The van der Waals surface area contributed by atoms with E-state index in [4.69, 9.17) is 0 Å². The monoisotopic (exact) mass is 256 g/mol. The molecule has 18 heavy (non-hydrogen) atoms. The molecule has 0 saturated carbocycles. The second-order valence-electron chi connectivity index (χ2n) is 3.08. The van der Waals surface area contributed by atoms with E-state index in [0.717, 1.165) is 12.1 Å². The lowest BCUT2D eigenvalue weighted by Crippen LogP contribution is -2.20. The molecule has 5 nitrogen and oxygen atoms in total. The molecular formula is C11H10F2N2O3. The van der Waals surface area contributed by atoms with Crippen molar-refractivity contribution in [1.29, 1.82) is 0 Å². The first-order valence-corrected chi connectivity index (χ1v) is 4.99. The summed E-state index contributed by atoms with van der Waals surface area (Å²) < 4.78 is 30.0. The van der Waals surface area contributed by atoms with Crippen LogP contribution in [0.25, 0.3) is 0 Å². The highest BCUT2D eigenvalue weighted by Gasteiger charge is 2.11. The zero-order valence-electron chi connectivity index (χ0n) is 9.44. The highest BCUT2D eigenvalue weighted by atomic mass is 19.2. The van der Waals surface area contributed by atoms with Crippen LogP contribution in [0.1, 0.15) is 6.92 Å². The Kier molecular flexibility index (Phi) is 4.91. The SMILES string of the molecule is CCOC(=O)C(C=O)=NNc1ccc(F)c(F)c1. The third-order valence-electron chi connectivity index (χ3n) is 1.82. The van der Waals surface area contributed by atoms with Crippen LogP contribution in [0.15, 0.2) is 23.3 Å². The molecular weight excluding hydrogens is 246 g/mol. The van der Waals surface area contributed by atoms with Gasteiger partial charge >= 0.3 is 5.97 Å². The van der Waals surface area contributed by atoms with Gasteiger partial charge in [-0.05, 0) is 19.1 Å². The van der Waals surface area contributed by atoms with Crippen LogP contribution in [0.2, 0.25) is 0 Å². The van der Waals surface area contributed by atoms with Crippen molar-refractivity contribution in [2.24, 2.45) is 5.10 Å². The average molecular weight is 256 g/mol. The Hall–Kier alpha value is -2.31. The maximum atomic E-state index is 12.8. The number of nitrogens with one attached hydrogen (secondary N) is 1. The molecule has 0 radical (unpaired) electrons. The van der Waals surface area contributed by atoms with Crippen molar-refractivity contribution >= 4 is 23.7 Å². The summed E-state index contributed by atoms with van der Waals surface area (Å²) in [4.78, 5) is 21.7. The number of benzene rings is 1. The van der Waals surface area contributed by atoms with E-state index in [2.05, 4.69) is 15.3 Å². The predicted molar refractivity (Wildman–Crippen MR) is 60.1 cm³/mol. The molecule has 1 N–H and O–H groups in total. The van der Waals surface area contributed by atoms with Gasteiger partial charge in [-0.25, -0.2) is 13.6 Å². The summed E-state index contributed by atoms with van der Waals surface area (Å²) in [6.45, 7) is 1.67. The molecule has 0 heterocycles. The van der Waals surface area contributed by atoms with Crippen molar-refractivity contribution < 1.29 is 23.1 Å². The number of ether oxygens (including phenoxy) is 1. The van der Waals surface area contributed by atoms with Crippen LogP contribution in [0.5, 0.6) is 0 Å². The second kappa shape index (κ2) is 6.43. The standard InChI is InChI=1S/C11H10F2N2O3/c1-2-18-11(17)10(6-16)15-14-7-3-4-8(12)9(13)5-7/h3-6,14H,2H2,1H3. The summed E-state index contributed by atoms with van der Waals surface area (Å²) >= 11 is 0. The van der Waals surface area contributed by atoms with E-state index in [0.29, 0.717) is 0 Å². The molecule has 0 saturated heterocycles. The number of esters is 1. The number of anilines is 1. The molecule has 0 bridgehead atoms. The molecule has 0 spiro atoms. The number of hydrazone groups is 1.